The standard InChI is InChI=1S/C30H34F3N5O2/c1-2-3-6-14-36(19-25-24(30(31,32)33)9-7-12-34-25)20-26-29-23(11-13-35-26)22-8-4-5-10-27(22)38(29)21-28(39)37-15-17-40-18-16-37/h4-5,7-13H,2-3,6,14-21H2,1H3. The number of morpholine rings is 1. The van der Waals surface area contributed by atoms with Crippen molar-refractivity contribution >= 4 is 27.7 Å². The van der Waals surface area contributed by atoms with Crippen LogP contribution in [0.15, 0.2) is 54.9 Å². The molecule has 0 unspecified atom stereocenters. The van der Waals surface area contributed by atoms with Crippen molar-refractivity contribution in [3.63, 3.8) is 0 Å². The van der Waals surface area contributed by atoms with Crippen LogP contribution in [-0.4, -0.2) is 63.1 Å². The van der Waals surface area contributed by atoms with Gasteiger partial charge in [0.25, 0.3) is 0 Å². The van der Waals surface area contributed by atoms with Crippen LogP contribution in [0.1, 0.15) is 43.1 Å². The molecule has 1 saturated heterocycles. The average Bonchev–Trinajstić information content (AvgIpc) is 3.27. The van der Waals surface area contributed by atoms with Crippen molar-refractivity contribution in [1.29, 1.82) is 0 Å². The maximum absolute atomic E-state index is 13.8. The van der Waals surface area contributed by atoms with Gasteiger partial charge in [-0.2, -0.15) is 13.2 Å². The molecule has 1 aliphatic heterocycles. The van der Waals surface area contributed by atoms with Crippen molar-refractivity contribution in [2.75, 3.05) is 32.8 Å². The van der Waals surface area contributed by atoms with Crippen molar-refractivity contribution < 1.29 is 22.7 Å². The summed E-state index contributed by atoms with van der Waals surface area (Å²) in [4.78, 5) is 26.0. The van der Waals surface area contributed by atoms with Gasteiger partial charge in [-0.05, 0) is 37.2 Å². The highest BCUT2D eigenvalue weighted by molar-refractivity contribution is 6.09. The van der Waals surface area contributed by atoms with E-state index in [9.17, 15) is 18.0 Å². The lowest BCUT2D eigenvalue weighted by molar-refractivity contribution is -0.139. The Labute approximate surface area is 231 Å². The number of unbranched alkanes of at least 4 members (excludes halogenated alkanes) is 2. The number of hydrogen-bond acceptors (Lipinski definition) is 5. The van der Waals surface area contributed by atoms with Crippen LogP contribution in [0.4, 0.5) is 13.2 Å². The molecule has 4 aromatic rings. The molecule has 0 N–H and O–H groups in total. The van der Waals surface area contributed by atoms with E-state index in [2.05, 4.69) is 11.9 Å². The largest absolute Gasteiger partial charge is 0.418 e. The van der Waals surface area contributed by atoms with Crippen LogP contribution in [0.25, 0.3) is 21.8 Å². The first kappa shape index (κ1) is 28.0. The highest BCUT2D eigenvalue weighted by Gasteiger charge is 2.34. The number of para-hydroxylation sites is 1. The molecule has 40 heavy (non-hydrogen) atoms. The van der Waals surface area contributed by atoms with Crippen LogP contribution in [0.5, 0.6) is 0 Å². The molecule has 3 aromatic heterocycles. The van der Waals surface area contributed by atoms with E-state index in [1.54, 1.807) is 6.20 Å². The van der Waals surface area contributed by atoms with Crippen LogP contribution >= 0.6 is 0 Å². The number of halogens is 3. The average molecular weight is 554 g/mol. The number of amides is 1. The van der Waals surface area contributed by atoms with Gasteiger partial charge in [0.15, 0.2) is 0 Å². The quantitative estimate of drug-likeness (QED) is 0.238. The second kappa shape index (κ2) is 12.3. The Hall–Kier alpha value is -3.50. The van der Waals surface area contributed by atoms with Gasteiger partial charge in [0.05, 0.1) is 35.7 Å². The summed E-state index contributed by atoms with van der Waals surface area (Å²) < 4.78 is 48.7. The zero-order valence-corrected chi connectivity index (χ0v) is 22.7. The number of ether oxygens (including phenoxy) is 1. The van der Waals surface area contributed by atoms with Crippen molar-refractivity contribution in [1.82, 2.24) is 24.3 Å². The van der Waals surface area contributed by atoms with Crippen LogP contribution < -0.4 is 0 Å². The minimum atomic E-state index is -4.48. The van der Waals surface area contributed by atoms with Gasteiger partial charge in [-0.25, -0.2) is 0 Å². The molecule has 4 heterocycles. The van der Waals surface area contributed by atoms with Gasteiger partial charge in [-0.3, -0.25) is 19.7 Å². The summed E-state index contributed by atoms with van der Waals surface area (Å²) in [6, 6.07) is 12.3. The number of hydrogen-bond donors (Lipinski definition) is 0. The van der Waals surface area contributed by atoms with E-state index in [4.69, 9.17) is 9.72 Å². The van der Waals surface area contributed by atoms with E-state index < -0.39 is 11.7 Å². The van der Waals surface area contributed by atoms with Crippen LogP contribution in [0, 0.1) is 0 Å². The smallest absolute Gasteiger partial charge is 0.378 e. The topological polar surface area (TPSA) is 63.5 Å². The molecule has 1 amide bonds. The van der Waals surface area contributed by atoms with Crippen LogP contribution in [0.2, 0.25) is 0 Å². The second-order valence-electron chi connectivity index (χ2n) is 10.2. The second-order valence-corrected chi connectivity index (χ2v) is 10.2. The molecule has 0 saturated carbocycles. The van der Waals surface area contributed by atoms with Crippen molar-refractivity contribution in [2.45, 2.75) is 52.0 Å². The maximum Gasteiger partial charge on any atom is 0.418 e. The first-order valence-electron chi connectivity index (χ1n) is 13.8. The third kappa shape index (κ3) is 6.13. The molecular formula is C30H34F3N5O2. The number of pyridine rings is 2. The number of benzene rings is 1. The van der Waals surface area contributed by atoms with Crippen molar-refractivity contribution in [2.24, 2.45) is 0 Å². The summed E-state index contributed by atoms with van der Waals surface area (Å²) in [5, 5.41) is 1.98. The maximum atomic E-state index is 13.8. The van der Waals surface area contributed by atoms with Gasteiger partial charge in [0.1, 0.15) is 6.54 Å². The number of carbonyl (C=O) groups is 1. The van der Waals surface area contributed by atoms with Crippen molar-refractivity contribution in [3.05, 3.63) is 71.8 Å². The molecule has 10 heteroatoms. The Morgan fingerprint density at radius 3 is 2.48 bits per heavy atom. The molecule has 0 bridgehead atoms. The van der Waals surface area contributed by atoms with Gasteiger partial charge in [0, 0.05) is 54.9 Å². The van der Waals surface area contributed by atoms with E-state index in [1.165, 1.54) is 12.3 Å². The predicted molar refractivity (Wildman–Crippen MR) is 148 cm³/mol. The van der Waals surface area contributed by atoms with E-state index in [-0.39, 0.29) is 24.7 Å². The summed E-state index contributed by atoms with van der Waals surface area (Å²) in [5.41, 5.74) is 1.77. The number of aromatic nitrogens is 3. The summed E-state index contributed by atoms with van der Waals surface area (Å²) in [7, 11) is 0. The molecule has 212 valence electrons. The Kier molecular flexibility index (Phi) is 8.66. The molecule has 1 fully saturated rings. The Balaban J connectivity index is 1.53. The van der Waals surface area contributed by atoms with E-state index in [0.29, 0.717) is 39.4 Å². The number of nitrogens with zero attached hydrogens (tertiary/aromatic N) is 5. The molecule has 0 radical (unpaired) electrons. The van der Waals surface area contributed by atoms with Gasteiger partial charge in [-0.1, -0.05) is 38.0 Å². The summed E-state index contributed by atoms with van der Waals surface area (Å²) in [5.74, 6) is 0.00358. The monoisotopic (exact) mass is 553 g/mol. The molecule has 7 nitrogen and oxygen atoms in total. The third-order valence-corrected chi connectivity index (χ3v) is 7.43. The highest BCUT2D eigenvalue weighted by Crippen LogP contribution is 2.33. The normalized spacial score (nSPS) is 14.5. The minimum absolute atomic E-state index is 0.00159. The number of fused-ring (bicyclic) bond motifs is 3. The summed E-state index contributed by atoms with van der Waals surface area (Å²) in [6.07, 6.45) is 1.48. The van der Waals surface area contributed by atoms with Crippen molar-refractivity contribution in [3.8, 4) is 0 Å². The number of alkyl halides is 3. The van der Waals surface area contributed by atoms with Gasteiger partial charge in [-0.15, -0.1) is 0 Å². The van der Waals surface area contributed by atoms with Crippen LogP contribution in [-0.2, 0) is 35.3 Å². The lowest BCUT2D eigenvalue weighted by Crippen LogP contribution is -2.42. The SMILES string of the molecule is CCCCCN(Cc1ncccc1C(F)(F)F)Cc1nccc2c3ccccc3n(CC(=O)N3CCOCC3)c12. The molecule has 0 aliphatic carbocycles. The summed E-state index contributed by atoms with van der Waals surface area (Å²) >= 11 is 0. The first-order valence-corrected chi connectivity index (χ1v) is 13.8. The number of rotatable bonds is 10. The fourth-order valence-electron chi connectivity index (χ4n) is 5.45. The third-order valence-electron chi connectivity index (χ3n) is 7.43. The zero-order chi connectivity index (χ0) is 28.1. The summed E-state index contributed by atoms with van der Waals surface area (Å²) in [6.45, 7) is 5.37. The number of carbonyl (C=O) groups excluding carboxylic acids is 1. The predicted octanol–water partition coefficient (Wildman–Crippen LogP) is 5.65. The van der Waals surface area contributed by atoms with E-state index in [0.717, 1.165) is 52.8 Å². The van der Waals surface area contributed by atoms with Gasteiger partial charge >= 0.3 is 6.18 Å². The molecule has 0 spiro atoms. The van der Waals surface area contributed by atoms with Gasteiger partial charge in [0.2, 0.25) is 5.91 Å². The first-order chi connectivity index (χ1) is 19.4. The molecule has 1 aromatic carbocycles. The lowest BCUT2D eigenvalue weighted by atomic mass is 10.1. The highest BCUT2D eigenvalue weighted by atomic mass is 19.4. The zero-order valence-electron chi connectivity index (χ0n) is 22.7. The minimum Gasteiger partial charge on any atom is -0.378 e. The van der Waals surface area contributed by atoms with E-state index >= 15 is 0 Å². The Morgan fingerprint density at radius 2 is 1.70 bits per heavy atom. The Morgan fingerprint density at radius 1 is 0.950 bits per heavy atom. The molecule has 0 atom stereocenters. The fourth-order valence-corrected chi connectivity index (χ4v) is 5.45. The molecular weight excluding hydrogens is 519 g/mol. The van der Waals surface area contributed by atoms with Crippen LogP contribution in [0.3, 0.4) is 0 Å². The van der Waals surface area contributed by atoms with E-state index in [1.807, 2.05) is 44.7 Å². The molecule has 5 rings (SSSR count). The fraction of sp³-hybridized carbons (Fsp3) is 0.433. The molecule has 1 aliphatic rings. The Bertz CT molecular complexity index is 1460. The van der Waals surface area contributed by atoms with Gasteiger partial charge < -0.3 is 14.2 Å². The lowest BCUT2D eigenvalue weighted by Gasteiger charge is -2.27.